The normalized spacial score (nSPS) is 20.9. The second kappa shape index (κ2) is 6.44. The van der Waals surface area contributed by atoms with Gasteiger partial charge in [0, 0.05) is 0 Å². The van der Waals surface area contributed by atoms with E-state index in [9.17, 15) is 14.4 Å². The molecule has 4 N–H and O–H groups in total. The van der Waals surface area contributed by atoms with Crippen LogP contribution in [0.15, 0.2) is 29.4 Å². The highest BCUT2D eigenvalue weighted by atomic mass is 35.5. The Balaban J connectivity index is 0.00000242. The van der Waals surface area contributed by atoms with Crippen molar-refractivity contribution in [3.8, 4) is 0 Å². The molecule has 1 aliphatic rings. The van der Waals surface area contributed by atoms with E-state index in [4.69, 9.17) is 10.9 Å². The van der Waals surface area contributed by atoms with Gasteiger partial charge in [-0.1, -0.05) is 24.3 Å². The first-order chi connectivity index (χ1) is 9.88. The average molecular weight is 327 g/mol. The molecule has 0 spiro atoms. The SMILES string of the molecule is C[C@@]1(c2ccc(C=NN)cc2)NC(=O)N(CC(=O)O)C1=O.Cl. The number of rotatable bonds is 4. The van der Waals surface area contributed by atoms with Gasteiger partial charge in [0.2, 0.25) is 0 Å². The molecule has 8 nitrogen and oxygen atoms in total. The van der Waals surface area contributed by atoms with Gasteiger partial charge in [-0.2, -0.15) is 5.10 Å². The van der Waals surface area contributed by atoms with Crippen LogP contribution in [0.25, 0.3) is 0 Å². The molecule has 3 amide bonds. The minimum Gasteiger partial charge on any atom is -0.480 e. The van der Waals surface area contributed by atoms with Gasteiger partial charge in [-0.15, -0.1) is 12.4 Å². The predicted octanol–water partition coefficient (Wildman–Crippen LogP) is 0.253. The zero-order valence-electron chi connectivity index (χ0n) is 11.6. The second-order valence-electron chi connectivity index (χ2n) is 4.74. The number of nitrogens with zero attached hydrogens (tertiary/aromatic N) is 2. The Hall–Kier alpha value is -2.61. The van der Waals surface area contributed by atoms with Crippen molar-refractivity contribution in [2.45, 2.75) is 12.5 Å². The number of halogens is 1. The molecule has 0 unspecified atom stereocenters. The summed E-state index contributed by atoms with van der Waals surface area (Å²) in [4.78, 5) is 35.5. The summed E-state index contributed by atoms with van der Waals surface area (Å²) in [5.74, 6) is 3.19. The van der Waals surface area contributed by atoms with E-state index in [2.05, 4.69) is 10.4 Å². The summed E-state index contributed by atoms with van der Waals surface area (Å²) in [6.07, 6.45) is 1.44. The van der Waals surface area contributed by atoms with Crippen LogP contribution in [0.2, 0.25) is 0 Å². The number of nitrogens with one attached hydrogen (secondary N) is 1. The zero-order valence-corrected chi connectivity index (χ0v) is 12.5. The van der Waals surface area contributed by atoms with E-state index >= 15 is 0 Å². The minimum atomic E-state index is -1.29. The monoisotopic (exact) mass is 326 g/mol. The molecule has 0 aromatic heterocycles. The number of aliphatic carboxylic acids is 1. The van der Waals surface area contributed by atoms with Gasteiger partial charge in [0.05, 0.1) is 6.21 Å². The molecule has 22 heavy (non-hydrogen) atoms. The van der Waals surface area contributed by atoms with Crippen LogP contribution in [-0.4, -0.2) is 40.7 Å². The summed E-state index contributed by atoms with van der Waals surface area (Å²) in [6.45, 7) is 0.860. The molecule has 1 aromatic rings. The Labute approximate surface area is 132 Å². The number of carboxylic acid groups (broad SMARTS) is 1. The quantitative estimate of drug-likeness (QED) is 0.316. The third kappa shape index (κ3) is 3.01. The number of carboxylic acids is 1. The highest BCUT2D eigenvalue weighted by Gasteiger charge is 2.49. The third-order valence-electron chi connectivity index (χ3n) is 3.28. The lowest BCUT2D eigenvalue weighted by Gasteiger charge is -2.22. The largest absolute Gasteiger partial charge is 0.480 e. The number of benzene rings is 1. The minimum absolute atomic E-state index is 0. The number of hydrogen-bond donors (Lipinski definition) is 3. The molecule has 1 atom stereocenters. The fourth-order valence-electron chi connectivity index (χ4n) is 2.16. The number of amides is 3. The standard InChI is InChI=1S/C13H14N4O4.ClH/c1-13(9-4-2-8(3-5-9)6-15-14)11(20)17(7-10(18)19)12(21)16-13;/h2-6H,7,14H2,1H3,(H,16,21)(H,18,19);1H/t13-;/m0./s1. The Morgan fingerprint density at radius 3 is 2.50 bits per heavy atom. The molecule has 1 fully saturated rings. The Kier molecular flexibility index (Phi) is 5.10. The van der Waals surface area contributed by atoms with Crippen molar-refractivity contribution in [1.29, 1.82) is 0 Å². The van der Waals surface area contributed by atoms with Crippen LogP contribution >= 0.6 is 12.4 Å². The van der Waals surface area contributed by atoms with Gasteiger partial charge in [0.1, 0.15) is 12.1 Å². The third-order valence-corrected chi connectivity index (χ3v) is 3.28. The Morgan fingerprint density at radius 2 is 2.00 bits per heavy atom. The molecule has 0 radical (unpaired) electrons. The molecule has 1 aliphatic heterocycles. The number of carbonyl (C=O) groups excluding carboxylic acids is 2. The van der Waals surface area contributed by atoms with Crippen molar-refractivity contribution >= 4 is 36.5 Å². The first-order valence-corrected chi connectivity index (χ1v) is 6.08. The van der Waals surface area contributed by atoms with Crippen molar-refractivity contribution in [2.75, 3.05) is 6.54 Å². The number of urea groups is 1. The van der Waals surface area contributed by atoms with Crippen molar-refractivity contribution in [3.63, 3.8) is 0 Å². The summed E-state index contributed by atoms with van der Waals surface area (Å²) < 4.78 is 0. The van der Waals surface area contributed by atoms with Crippen LogP contribution in [0.1, 0.15) is 18.1 Å². The molecule has 1 heterocycles. The van der Waals surface area contributed by atoms with Crippen LogP contribution in [-0.2, 0) is 15.1 Å². The van der Waals surface area contributed by atoms with Gasteiger partial charge in [-0.3, -0.25) is 14.5 Å². The van der Waals surface area contributed by atoms with Gasteiger partial charge in [0.15, 0.2) is 0 Å². The summed E-state index contributed by atoms with van der Waals surface area (Å²) in [5.41, 5.74) is -0.00260. The first kappa shape index (κ1) is 17.4. The molecule has 118 valence electrons. The molecule has 0 aliphatic carbocycles. The van der Waals surface area contributed by atoms with Crippen LogP contribution in [0, 0.1) is 0 Å². The summed E-state index contributed by atoms with van der Waals surface area (Å²) in [6, 6.07) is 5.96. The summed E-state index contributed by atoms with van der Waals surface area (Å²) in [5, 5.41) is 14.7. The van der Waals surface area contributed by atoms with E-state index < -0.39 is 30.0 Å². The predicted molar refractivity (Wildman–Crippen MR) is 80.7 cm³/mol. The second-order valence-corrected chi connectivity index (χ2v) is 4.74. The molecule has 9 heteroatoms. The van der Waals surface area contributed by atoms with Gasteiger partial charge >= 0.3 is 12.0 Å². The van der Waals surface area contributed by atoms with E-state index in [-0.39, 0.29) is 12.4 Å². The number of hydrogen-bond acceptors (Lipinski definition) is 5. The number of imide groups is 1. The molecule has 0 saturated carbocycles. The lowest BCUT2D eigenvalue weighted by Crippen LogP contribution is -2.41. The maximum Gasteiger partial charge on any atom is 0.325 e. The number of carbonyl (C=O) groups is 3. The molecule has 0 bridgehead atoms. The smallest absolute Gasteiger partial charge is 0.325 e. The van der Waals surface area contributed by atoms with E-state index in [0.29, 0.717) is 10.5 Å². The first-order valence-electron chi connectivity index (χ1n) is 6.08. The van der Waals surface area contributed by atoms with Crippen LogP contribution in [0.5, 0.6) is 0 Å². The van der Waals surface area contributed by atoms with Crippen molar-refractivity contribution in [3.05, 3.63) is 35.4 Å². The fourth-order valence-corrected chi connectivity index (χ4v) is 2.16. The molecular formula is C13H15ClN4O4. The number of nitrogens with two attached hydrogens (primary N) is 1. The average Bonchev–Trinajstić information content (AvgIpc) is 2.64. The van der Waals surface area contributed by atoms with Gasteiger partial charge < -0.3 is 16.3 Å². The summed E-state index contributed by atoms with van der Waals surface area (Å²) >= 11 is 0. The molecular weight excluding hydrogens is 312 g/mol. The lowest BCUT2D eigenvalue weighted by molar-refractivity contribution is -0.142. The number of hydrazone groups is 1. The van der Waals surface area contributed by atoms with Gasteiger partial charge in [-0.05, 0) is 18.1 Å². The van der Waals surface area contributed by atoms with E-state index in [1.54, 1.807) is 24.3 Å². The summed E-state index contributed by atoms with van der Waals surface area (Å²) in [7, 11) is 0. The fraction of sp³-hybridized carbons (Fsp3) is 0.231. The van der Waals surface area contributed by atoms with E-state index in [1.807, 2.05) is 0 Å². The van der Waals surface area contributed by atoms with Gasteiger partial charge in [-0.25, -0.2) is 4.79 Å². The van der Waals surface area contributed by atoms with Crippen molar-refractivity contribution < 1.29 is 19.5 Å². The Bertz CT molecular complexity index is 631. The van der Waals surface area contributed by atoms with Crippen molar-refractivity contribution in [2.24, 2.45) is 10.9 Å². The molecule has 1 aromatic carbocycles. The van der Waals surface area contributed by atoms with Crippen LogP contribution in [0.4, 0.5) is 4.79 Å². The lowest BCUT2D eigenvalue weighted by atomic mass is 9.91. The maximum atomic E-state index is 12.3. The highest BCUT2D eigenvalue weighted by molar-refractivity contribution is 6.08. The van der Waals surface area contributed by atoms with Crippen LogP contribution in [0.3, 0.4) is 0 Å². The maximum absolute atomic E-state index is 12.3. The van der Waals surface area contributed by atoms with E-state index in [0.717, 1.165) is 5.56 Å². The zero-order chi connectivity index (χ0) is 15.6. The Morgan fingerprint density at radius 1 is 1.41 bits per heavy atom. The topological polar surface area (TPSA) is 125 Å². The van der Waals surface area contributed by atoms with E-state index in [1.165, 1.54) is 13.1 Å². The van der Waals surface area contributed by atoms with Crippen LogP contribution < -0.4 is 11.2 Å². The molecule has 1 saturated heterocycles. The van der Waals surface area contributed by atoms with Gasteiger partial charge in [0.25, 0.3) is 5.91 Å². The molecule has 2 rings (SSSR count). The highest BCUT2D eigenvalue weighted by Crippen LogP contribution is 2.28. The van der Waals surface area contributed by atoms with Crippen molar-refractivity contribution in [1.82, 2.24) is 10.2 Å².